The molecule has 0 spiro atoms. The molecule has 1 unspecified atom stereocenters. The van der Waals surface area contributed by atoms with Gasteiger partial charge in [0.15, 0.2) is 0 Å². The summed E-state index contributed by atoms with van der Waals surface area (Å²) in [5.74, 6) is 0.791. The third-order valence-corrected chi connectivity index (χ3v) is 2.14. The van der Waals surface area contributed by atoms with Crippen LogP contribution < -0.4 is 0 Å². The van der Waals surface area contributed by atoms with Crippen molar-refractivity contribution < 1.29 is 4.74 Å². The average molecular weight is 142 g/mol. The Labute approximate surface area is 63.8 Å². The van der Waals surface area contributed by atoms with Gasteiger partial charge in [0.25, 0.3) is 0 Å². The van der Waals surface area contributed by atoms with E-state index >= 15 is 0 Å². The minimum atomic E-state index is 0.411. The Hall–Kier alpha value is -0.0400. The van der Waals surface area contributed by atoms with Crippen LogP contribution in [0.2, 0.25) is 0 Å². The van der Waals surface area contributed by atoms with Crippen LogP contribution in [0.1, 0.15) is 34.1 Å². The topological polar surface area (TPSA) is 12.5 Å². The largest absolute Gasteiger partial charge is 0.373 e. The van der Waals surface area contributed by atoms with Gasteiger partial charge in [0.1, 0.15) is 0 Å². The summed E-state index contributed by atoms with van der Waals surface area (Å²) in [4.78, 5) is 0. The van der Waals surface area contributed by atoms with E-state index in [0.29, 0.717) is 11.5 Å². The van der Waals surface area contributed by atoms with E-state index in [1.165, 1.54) is 6.42 Å². The van der Waals surface area contributed by atoms with E-state index in [1.54, 1.807) is 0 Å². The van der Waals surface area contributed by atoms with Crippen LogP contribution in [0.15, 0.2) is 0 Å². The molecule has 0 radical (unpaired) electrons. The van der Waals surface area contributed by atoms with Gasteiger partial charge in [-0.25, -0.2) is 0 Å². The highest BCUT2D eigenvalue weighted by atomic mass is 16.6. The molecule has 10 heavy (non-hydrogen) atoms. The van der Waals surface area contributed by atoms with Crippen molar-refractivity contribution in [3.8, 4) is 0 Å². The molecule has 0 aliphatic carbocycles. The molecule has 1 heteroatoms. The van der Waals surface area contributed by atoms with Crippen molar-refractivity contribution in [1.29, 1.82) is 0 Å². The average Bonchev–Trinajstić information content (AvgIpc) is 2.35. The van der Waals surface area contributed by atoms with Gasteiger partial charge in [-0.1, -0.05) is 27.7 Å². The Bertz CT molecular complexity index is 112. The molecule has 0 aromatic carbocycles. The van der Waals surface area contributed by atoms with Crippen LogP contribution in [-0.4, -0.2) is 12.7 Å². The molecule has 0 saturated carbocycles. The van der Waals surface area contributed by atoms with Crippen molar-refractivity contribution >= 4 is 0 Å². The maximum absolute atomic E-state index is 5.27. The number of rotatable bonds is 3. The van der Waals surface area contributed by atoms with Crippen LogP contribution >= 0.6 is 0 Å². The first kappa shape index (κ1) is 8.06. The number of hydrogen-bond donors (Lipinski definition) is 0. The Balaban J connectivity index is 2.34. The van der Waals surface area contributed by atoms with Gasteiger partial charge >= 0.3 is 0 Å². The highest BCUT2D eigenvalue weighted by Crippen LogP contribution is 2.37. The van der Waals surface area contributed by atoms with E-state index in [4.69, 9.17) is 4.74 Å². The third kappa shape index (κ3) is 1.98. The first-order chi connectivity index (χ1) is 4.52. The van der Waals surface area contributed by atoms with Crippen LogP contribution in [0, 0.1) is 11.3 Å². The fourth-order valence-electron chi connectivity index (χ4n) is 1.68. The molecule has 1 rings (SSSR count). The first-order valence-electron chi connectivity index (χ1n) is 4.14. The van der Waals surface area contributed by atoms with Crippen LogP contribution in [0.5, 0.6) is 0 Å². The van der Waals surface area contributed by atoms with E-state index in [-0.39, 0.29) is 0 Å². The molecule has 1 nitrogen and oxygen atoms in total. The summed E-state index contributed by atoms with van der Waals surface area (Å²) >= 11 is 0. The molecule has 0 bridgehead atoms. The Morgan fingerprint density at radius 1 is 1.50 bits per heavy atom. The second-order valence-corrected chi connectivity index (χ2v) is 4.41. The van der Waals surface area contributed by atoms with Crippen molar-refractivity contribution in [3.63, 3.8) is 0 Å². The number of epoxide rings is 1. The zero-order chi connectivity index (χ0) is 7.78. The lowest BCUT2D eigenvalue weighted by Gasteiger charge is -2.23. The lowest BCUT2D eigenvalue weighted by molar-refractivity contribution is 0.203. The van der Waals surface area contributed by atoms with E-state index in [2.05, 4.69) is 27.7 Å². The molecule has 0 N–H and O–H groups in total. The van der Waals surface area contributed by atoms with Gasteiger partial charge in [0.05, 0.1) is 12.7 Å². The molecule has 1 atom stereocenters. The number of hydrogen-bond acceptors (Lipinski definition) is 1. The maximum atomic E-state index is 5.27. The summed E-state index contributed by atoms with van der Waals surface area (Å²) in [7, 11) is 0. The normalized spacial score (nSPS) is 25.5. The van der Waals surface area contributed by atoms with Gasteiger partial charge in [0, 0.05) is 0 Å². The van der Waals surface area contributed by atoms with Crippen molar-refractivity contribution in [3.05, 3.63) is 0 Å². The lowest BCUT2D eigenvalue weighted by atomic mass is 9.81. The van der Waals surface area contributed by atoms with Crippen LogP contribution in [-0.2, 0) is 4.74 Å². The Morgan fingerprint density at radius 2 is 2.00 bits per heavy atom. The molecule has 0 aromatic heterocycles. The summed E-state index contributed by atoms with van der Waals surface area (Å²) in [6.07, 6.45) is 1.83. The minimum absolute atomic E-state index is 0.411. The van der Waals surface area contributed by atoms with Crippen molar-refractivity contribution in [2.45, 2.75) is 40.2 Å². The predicted molar refractivity (Wildman–Crippen MR) is 43.0 cm³/mol. The summed E-state index contributed by atoms with van der Waals surface area (Å²) in [6, 6.07) is 0. The van der Waals surface area contributed by atoms with Gasteiger partial charge in [0.2, 0.25) is 0 Å². The summed E-state index contributed by atoms with van der Waals surface area (Å²) in [5, 5.41) is 0. The molecule has 0 amide bonds. The van der Waals surface area contributed by atoms with E-state index < -0.39 is 0 Å². The van der Waals surface area contributed by atoms with Crippen molar-refractivity contribution in [2.24, 2.45) is 11.3 Å². The van der Waals surface area contributed by atoms with Gasteiger partial charge in [-0.15, -0.1) is 0 Å². The first-order valence-corrected chi connectivity index (χ1v) is 4.14. The van der Waals surface area contributed by atoms with Gasteiger partial charge in [-0.05, 0) is 17.8 Å². The molecular formula is C9H18O. The molecular weight excluding hydrogens is 124 g/mol. The summed E-state index contributed by atoms with van der Waals surface area (Å²) in [5.41, 5.74) is 0.411. The van der Waals surface area contributed by atoms with Gasteiger partial charge in [-0.3, -0.25) is 0 Å². The number of ether oxygens (including phenoxy) is 1. The summed E-state index contributed by atoms with van der Waals surface area (Å²) in [6.45, 7) is 10.1. The monoisotopic (exact) mass is 142 g/mol. The quantitative estimate of drug-likeness (QED) is 0.551. The maximum Gasteiger partial charge on any atom is 0.0860 e. The molecule has 1 aliphatic heterocycles. The predicted octanol–water partition coefficient (Wildman–Crippen LogP) is 2.46. The Morgan fingerprint density at radius 3 is 2.30 bits per heavy atom. The van der Waals surface area contributed by atoms with Crippen molar-refractivity contribution in [2.75, 3.05) is 6.61 Å². The fraction of sp³-hybridized carbons (Fsp3) is 1.00. The van der Waals surface area contributed by atoms with Gasteiger partial charge in [-0.2, -0.15) is 0 Å². The van der Waals surface area contributed by atoms with Crippen LogP contribution in [0.3, 0.4) is 0 Å². The second-order valence-electron chi connectivity index (χ2n) is 4.41. The molecule has 1 fully saturated rings. The molecule has 60 valence electrons. The third-order valence-electron chi connectivity index (χ3n) is 2.14. The van der Waals surface area contributed by atoms with Crippen LogP contribution in [0.25, 0.3) is 0 Å². The lowest BCUT2D eigenvalue weighted by Crippen LogP contribution is -2.21. The standard InChI is InChI=1S/C9H18O/c1-7(2)5-9(3,4)8-6-10-8/h7-8H,5-6H2,1-4H3. The zero-order valence-corrected chi connectivity index (χ0v) is 7.48. The van der Waals surface area contributed by atoms with E-state index in [1.807, 2.05) is 0 Å². The Kier molecular flexibility index (Phi) is 2.04. The molecule has 1 aliphatic rings. The highest BCUT2D eigenvalue weighted by molar-refractivity contribution is 4.87. The molecule has 1 saturated heterocycles. The van der Waals surface area contributed by atoms with Crippen molar-refractivity contribution in [1.82, 2.24) is 0 Å². The minimum Gasteiger partial charge on any atom is -0.373 e. The van der Waals surface area contributed by atoms with Crippen LogP contribution in [0.4, 0.5) is 0 Å². The SMILES string of the molecule is CC(C)CC(C)(C)C1CO1. The fourth-order valence-corrected chi connectivity index (χ4v) is 1.68. The summed E-state index contributed by atoms with van der Waals surface area (Å²) < 4.78 is 5.27. The zero-order valence-electron chi connectivity index (χ0n) is 7.48. The second kappa shape index (κ2) is 2.54. The molecule has 0 aromatic rings. The van der Waals surface area contributed by atoms with Gasteiger partial charge < -0.3 is 4.74 Å². The highest BCUT2D eigenvalue weighted by Gasteiger charge is 2.39. The smallest absolute Gasteiger partial charge is 0.0860 e. The van der Waals surface area contributed by atoms with E-state index in [0.717, 1.165) is 12.5 Å². The van der Waals surface area contributed by atoms with E-state index in [9.17, 15) is 0 Å². The molecule has 1 heterocycles.